The van der Waals surface area contributed by atoms with Crippen LogP contribution in [0.4, 0.5) is 13.2 Å². The Labute approximate surface area is 138 Å². The summed E-state index contributed by atoms with van der Waals surface area (Å²) in [6, 6.07) is 2.74. The third-order valence-electron chi connectivity index (χ3n) is 3.04. The number of fused-ring (bicyclic) bond motifs is 1. The molecule has 0 saturated heterocycles. The van der Waals surface area contributed by atoms with Crippen LogP contribution in [0.3, 0.4) is 0 Å². The van der Waals surface area contributed by atoms with E-state index in [2.05, 4.69) is 15.1 Å². The Morgan fingerprint density at radius 2 is 1.91 bits per heavy atom. The first-order valence-electron chi connectivity index (χ1n) is 6.60. The summed E-state index contributed by atoms with van der Waals surface area (Å²) < 4.78 is 39.2. The number of rotatable bonds is 3. The van der Waals surface area contributed by atoms with E-state index >= 15 is 0 Å². The van der Waals surface area contributed by atoms with Gasteiger partial charge in [0.05, 0.1) is 0 Å². The number of aromatic nitrogens is 4. The number of nitrogens with zero attached hydrogens (tertiary/aromatic N) is 4. The Bertz CT molecular complexity index is 863. The zero-order valence-electron chi connectivity index (χ0n) is 11.8. The van der Waals surface area contributed by atoms with E-state index in [4.69, 9.17) is 11.6 Å². The molecule has 4 nitrogen and oxygen atoms in total. The molecule has 3 heterocycles. The van der Waals surface area contributed by atoms with Crippen molar-refractivity contribution in [3.8, 4) is 11.1 Å². The van der Waals surface area contributed by atoms with Crippen LogP contribution >= 0.6 is 23.4 Å². The summed E-state index contributed by atoms with van der Waals surface area (Å²) >= 11 is 7.56. The summed E-state index contributed by atoms with van der Waals surface area (Å²) in [6.07, 6.45) is 0.0328. The fourth-order valence-corrected chi connectivity index (χ4v) is 2.97. The number of hydrogen-bond donors (Lipinski definition) is 0. The molecule has 9 heteroatoms. The lowest BCUT2D eigenvalue weighted by Crippen LogP contribution is -2.05. The summed E-state index contributed by atoms with van der Waals surface area (Å²) in [5.74, 6) is 0.830. The molecular weight excluding hydrogens is 349 g/mol. The van der Waals surface area contributed by atoms with Crippen molar-refractivity contribution in [2.75, 3.05) is 5.75 Å². The van der Waals surface area contributed by atoms with Gasteiger partial charge in [-0.2, -0.15) is 18.3 Å². The lowest BCUT2D eigenvalue weighted by atomic mass is 10.1. The maximum Gasteiger partial charge on any atom is 0.435 e. The van der Waals surface area contributed by atoms with Gasteiger partial charge in [0.2, 0.25) is 0 Å². The first kappa shape index (κ1) is 16.1. The number of hydrogen-bond acceptors (Lipinski definition) is 4. The molecule has 0 N–H and O–H groups in total. The van der Waals surface area contributed by atoms with Crippen molar-refractivity contribution < 1.29 is 13.2 Å². The van der Waals surface area contributed by atoms with E-state index in [-0.39, 0.29) is 5.65 Å². The Kier molecular flexibility index (Phi) is 4.20. The molecule has 0 atom stereocenters. The predicted octanol–water partition coefficient (Wildman–Crippen LogP) is 4.58. The van der Waals surface area contributed by atoms with Gasteiger partial charge in [0.15, 0.2) is 11.3 Å². The molecule has 0 bridgehead atoms. The van der Waals surface area contributed by atoms with Crippen molar-refractivity contribution in [3.05, 3.63) is 41.6 Å². The SMILES string of the molecule is CCSc1cc(-c2cnc3cc(C(F)(F)F)nn3c2)cnc1Cl. The van der Waals surface area contributed by atoms with E-state index in [0.717, 1.165) is 21.2 Å². The zero-order chi connectivity index (χ0) is 16.6. The maximum absolute atomic E-state index is 12.7. The van der Waals surface area contributed by atoms with Crippen LogP contribution in [-0.4, -0.2) is 25.3 Å². The van der Waals surface area contributed by atoms with Crippen LogP contribution in [0.1, 0.15) is 12.6 Å². The quantitative estimate of drug-likeness (QED) is 0.508. The monoisotopic (exact) mass is 358 g/mol. The predicted molar refractivity (Wildman–Crippen MR) is 82.6 cm³/mol. The largest absolute Gasteiger partial charge is 0.435 e. The van der Waals surface area contributed by atoms with Crippen LogP contribution < -0.4 is 0 Å². The van der Waals surface area contributed by atoms with Crippen molar-refractivity contribution in [1.82, 2.24) is 19.6 Å². The van der Waals surface area contributed by atoms with Gasteiger partial charge >= 0.3 is 6.18 Å². The second kappa shape index (κ2) is 6.01. The second-order valence-electron chi connectivity index (χ2n) is 4.62. The molecule has 0 aliphatic carbocycles. The van der Waals surface area contributed by atoms with Crippen molar-refractivity contribution in [2.45, 2.75) is 18.0 Å². The fraction of sp³-hybridized carbons (Fsp3) is 0.214. The minimum absolute atomic E-state index is 0.131. The highest BCUT2D eigenvalue weighted by Gasteiger charge is 2.34. The van der Waals surface area contributed by atoms with Crippen molar-refractivity contribution in [2.24, 2.45) is 0 Å². The van der Waals surface area contributed by atoms with E-state index in [1.54, 1.807) is 6.20 Å². The molecule has 0 unspecified atom stereocenters. The van der Waals surface area contributed by atoms with Crippen LogP contribution in [0, 0.1) is 0 Å². The summed E-state index contributed by atoms with van der Waals surface area (Å²) in [5.41, 5.74) is 0.477. The summed E-state index contributed by atoms with van der Waals surface area (Å²) in [7, 11) is 0. The summed E-state index contributed by atoms with van der Waals surface area (Å²) in [6.45, 7) is 1.99. The average molecular weight is 359 g/mol. The first-order valence-corrected chi connectivity index (χ1v) is 7.96. The Hall–Kier alpha value is -1.80. The van der Waals surface area contributed by atoms with Crippen molar-refractivity contribution in [3.63, 3.8) is 0 Å². The van der Waals surface area contributed by atoms with Gasteiger partial charge in [-0.3, -0.25) is 0 Å². The summed E-state index contributed by atoms with van der Waals surface area (Å²) in [4.78, 5) is 8.94. The zero-order valence-corrected chi connectivity index (χ0v) is 13.4. The Morgan fingerprint density at radius 3 is 2.61 bits per heavy atom. The molecule has 3 aromatic rings. The number of halogens is 4. The Morgan fingerprint density at radius 1 is 1.17 bits per heavy atom. The second-order valence-corrected chi connectivity index (χ2v) is 6.28. The van der Waals surface area contributed by atoms with Gasteiger partial charge in [0.1, 0.15) is 5.15 Å². The number of alkyl halides is 3. The van der Waals surface area contributed by atoms with Gasteiger partial charge in [0.25, 0.3) is 0 Å². The van der Waals surface area contributed by atoms with Gasteiger partial charge in [-0.15, -0.1) is 11.8 Å². The van der Waals surface area contributed by atoms with Crippen LogP contribution in [-0.2, 0) is 6.18 Å². The third kappa shape index (κ3) is 3.28. The first-order chi connectivity index (χ1) is 10.9. The fourth-order valence-electron chi connectivity index (χ4n) is 2.01. The smallest absolute Gasteiger partial charge is 0.243 e. The molecule has 23 heavy (non-hydrogen) atoms. The molecule has 0 aliphatic heterocycles. The molecule has 0 spiro atoms. The molecule has 0 radical (unpaired) electrons. The van der Waals surface area contributed by atoms with Gasteiger partial charge in [-0.25, -0.2) is 14.5 Å². The molecular formula is C14H10ClF3N4S. The minimum Gasteiger partial charge on any atom is -0.243 e. The van der Waals surface area contributed by atoms with Gasteiger partial charge in [-0.05, 0) is 11.8 Å². The highest BCUT2D eigenvalue weighted by atomic mass is 35.5. The lowest BCUT2D eigenvalue weighted by Gasteiger charge is -2.06. The van der Waals surface area contributed by atoms with Crippen LogP contribution in [0.2, 0.25) is 5.15 Å². The standard InChI is InChI=1S/C14H10ClF3N4S/c1-2-23-10-3-8(5-20-13(10)15)9-6-19-12-4-11(14(16,17)18)21-22(12)7-9/h3-7H,2H2,1H3. The number of thioether (sulfide) groups is 1. The van der Waals surface area contributed by atoms with E-state index < -0.39 is 11.9 Å². The maximum atomic E-state index is 12.7. The molecule has 0 saturated carbocycles. The van der Waals surface area contributed by atoms with Gasteiger partial charge in [0, 0.05) is 40.7 Å². The van der Waals surface area contributed by atoms with E-state index in [1.165, 1.54) is 24.2 Å². The minimum atomic E-state index is -4.50. The molecule has 0 aromatic carbocycles. The van der Waals surface area contributed by atoms with Crippen molar-refractivity contribution >= 4 is 29.0 Å². The molecule has 0 amide bonds. The molecule has 0 aliphatic rings. The molecule has 3 rings (SSSR count). The average Bonchev–Trinajstić information content (AvgIpc) is 2.93. The molecule has 3 aromatic heterocycles. The highest BCUT2D eigenvalue weighted by Crippen LogP contribution is 2.31. The van der Waals surface area contributed by atoms with Gasteiger partial charge < -0.3 is 0 Å². The highest BCUT2D eigenvalue weighted by molar-refractivity contribution is 7.99. The lowest BCUT2D eigenvalue weighted by molar-refractivity contribution is -0.141. The number of pyridine rings is 1. The van der Waals surface area contributed by atoms with Crippen LogP contribution in [0.25, 0.3) is 16.8 Å². The molecule has 0 fully saturated rings. The van der Waals surface area contributed by atoms with Crippen molar-refractivity contribution in [1.29, 1.82) is 0 Å². The van der Waals surface area contributed by atoms with E-state index in [9.17, 15) is 13.2 Å². The van der Waals surface area contributed by atoms with Gasteiger partial charge in [-0.1, -0.05) is 18.5 Å². The van der Waals surface area contributed by atoms with E-state index in [0.29, 0.717) is 16.3 Å². The topological polar surface area (TPSA) is 43.1 Å². The normalized spacial score (nSPS) is 12.0. The Balaban J connectivity index is 2.05. The van der Waals surface area contributed by atoms with E-state index in [1.807, 2.05) is 13.0 Å². The molecule has 120 valence electrons. The third-order valence-corrected chi connectivity index (χ3v) is 4.37. The summed E-state index contributed by atoms with van der Waals surface area (Å²) in [5, 5.41) is 3.92. The van der Waals surface area contributed by atoms with Crippen LogP contribution in [0.5, 0.6) is 0 Å². The van der Waals surface area contributed by atoms with Crippen LogP contribution in [0.15, 0.2) is 35.6 Å².